The maximum absolute atomic E-state index is 11.3. The van der Waals surface area contributed by atoms with Crippen molar-refractivity contribution in [2.45, 2.75) is 0 Å². The van der Waals surface area contributed by atoms with Crippen LogP contribution in [-0.4, -0.2) is 24.0 Å². The number of hydrogen-bond donors (Lipinski definition) is 1. The number of rotatable bonds is 11. The molecule has 7 aromatic rings. The van der Waals surface area contributed by atoms with Gasteiger partial charge in [0, 0.05) is 0 Å². The third kappa shape index (κ3) is 7.36. The highest BCUT2D eigenvalue weighted by Crippen LogP contribution is 2.36. The smallest absolute Gasteiger partial charge is 0.335 e. The van der Waals surface area contributed by atoms with Gasteiger partial charge in [-0.3, -0.25) is 9.59 Å². The van der Waals surface area contributed by atoms with E-state index in [1.807, 2.05) is 36.4 Å². The van der Waals surface area contributed by atoms with Crippen molar-refractivity contribution >= 4 is 18.9 Å². The van der Waals surface area contributed by atoms with E-state index in [1.54, 1.807) is 36.4 Å². The first-order valence-electron chi connectivity index (χ1n) is 16.2. The molecule has 246 valence electrons. The lowest BCUT2D eigenvalue weighted by Crippen LogP contribution is -1.94. The van der Waals surface area contributed by atoms with Gasteiger partial charge in [0.25, 0.3) is 12.9 Å². The summed E-state index contributed by atoms with van der Waals surface area (Å²) in [5.74, 6) is 0.0412. The average Bonchev–Trinajstić information content (AvgIpc) is 3.19. The lowest BCUT2D eigenvalue weighted by Gasteiger charge is -2.13. The highest BCUT2D eigenvalue weighted by Gasteiger charge is 2.11. The molecule has 0 amide bonds. The molecule has 1 N–H and O–H groups in total. The Hall–Kier alpha value is -7.05. The lowest BCUT2D eigenvalue weighted by atomic mass is 9.91. The quantitative estimate of drug-likeness (QED) is 0.138. The topological polar surface area (TPSA) is 89.9 Å². The van der Waals surface area contributed by atoms with E-state index < -0.39 is 5.97 Å². The van der Waals surface area contributed by atoms with E-state index in [0.29, 0.717) is 24.4 Å². The molecule has 51 heavy (non-hydrogen) atoms. The molecule has 0 aliphatic rings. The zero-order valence-corrected chi connectivity index (χ0v) is 27.2. The molecule has 0 bridgehead atoms. The van der Waals surface area contributed by atoms with E-state index >= 15 is 0 Å². The van der Waals surface area contributed by atoms with E-state index in [2.05, 4.69) is 91.0 Å². The zero-order chi connectivity index (χ0) is 35.2. The second kappa shape index (κ2) is 14.6. The summed E-state index contributed by atoms with van der Waals surface area (Å²) < 4.78 is 9.87. The predicted octanol–water partition coefficient (Wildman–Crippen LogP) is 10.5. The van der Waals surface area contributed by atoms with Crippen LogP contribution in [0.5, 0.6) is 11.5 Å². The van der Waals surface area contributed by atoms with Crippen LogP contribution >= 0.6 is 0 Å². The Morgan fingerprint density at radius 3 is 0.804 bits per heavy atom. The summed E-state index contributed by atoms with van der Waals surface area (Å²) in [6, 6.07) is 53.3. The number of carbonyl (C=O) groups excluding carboxylic acids is 2. The maximum Gasteiger partial charge on any atom is 0.335 e. The molecular formula is C45H30O6. The number of carboxylic acids is 1. The number of hydrogen-bond acceptors (Lipinski definition) is 5. The molecule has 0 radical (unpaired) electrons. The predicted molar refractivity (Wildman–Crippen MR) is 199 cm³/mol. The van der Waals surface area contributed by atoms with E-state index in [0.717, 1.165) is 66.8 Å². The average molecular weight is 667 g/mol. The molecule has 0 aromatic heterocycles. The van der Waals surface area contributed by atoms with Crippen LogP contribution in [0.1, 0.15) is 10.4 Å². The van der Waals surface area contributed by atoms with Gasteiger partial charge in [0.1, 0.15) is 11.5 Å². The first-order chi connectivity index (χ1) is 25.0. The van der Waals surface area contributed by atoms with Crippen molar-refractivity contribution in [1.29, 1.82) is 0 Å². The molecule has 0 heterocycles. The van der Waals surface area contributed by atoms with E-state index in [9.17, 15) is 19.5 Å². The molecule has 7 aromatic carbocycles. The lowest BCUT2D eigenvalue weighted by molar-refractivity contribution is -0.121. The van der Waals surface area contributed by atoms with Gasteiger partial charge in [0.05, 0.1) is 5.56 Å². The molecule has 0 atom stereocenters. The van der Waals surface area contributed by atoms with Gasteiger partial charge < -0.3 is 14.6 Å². The first kappa shape index (κ1) is 32.5. The number of carbonyl (C=O) groups is 3. The van der Waals surface area contributed by atoms with Crippen LogP contribution in [0.4, 0.5) is 0 Å². The second-order valence-corrected chi connectivity index (χ2v) is 11.9. The SMILES string of the molecule is O=COc1ccc(-c2ccc(-c3cc(-c4ccc(-c5ccc(OC=O)cc5)cc4)cc(-c4ccc(-c5ccc(C(=O)O)cc5)cc4)c3)cc2)cc1. The van der Waals surface area contributed by atoms with E-state index in [4.69, 9.17) is 9.47 Å². The number of carboxylic acid groups (broad SMARTS) is 1. The summed E-state index contributed by atoms with van der Waals surface area (Å²) in [7, 11) is 0. The fraction of sp³-hybridized carbons (Fsp3) is 0. The Morgan fingerprint density at radius 2 is 0.569 bits per heavy atom. The number of aromatic carboxylic acids is 1. The van der Waals surface area contributed by atoms with Crippen molar-refractivity contribution in [1.82, 2.24) is 0 Å². The summed E-state index contributed by atoms with van der Waals surface area (Å²) in [6.07, 6.45) is 0. The third-order valence-corrected chi connectivity index (χ3v) is 8.80. The zero-order valence-electron chi connectivity index (χ0n) is 27.2. The van der Waals surface area contributed by atoms with Gasteiger partial charge in [0.15, 0.2) is 0 Å². The number of benzene rings is 7. The molecule has 6 nitrogen and oxygen atoms in total. The largest absolute Gasteiger partial charge is 0.478 e. The van der Waals surface area contributed by atoms with Crippen LogP contribution < -0.4 is 9.47 Å². The Balaban J connectivity index is 1.23. The molecule has 0 fully saturated rings. The van der Waals surface area contributed by atoms with Gasteiger partial charge in [-0.05, 0) is 121 Å². The fourth-order valence-electron chi connectivity index (χ4n) is 6.06. The molecule has 0 spiro atoms. The second-order valence-electron chi connectivity index (χ2n) is 11.9. The van der Waals surface area contributed by atoms with Gasteiger partial charge in [-0.1, -0.05) is 109 Å². The summed E-state index contributed by atoms with van der Waals surface area (Å²) in [5.41, 5.74) is 12.7. The van der Waals surface area contributed by atoms with Crippen molar-refractivity contribution in [2.75, 3.05) is 0 Å². The van der Waals surface area contributed by atoms with Crippen LogP contribution in [0.2, 0.25) is 0 Å². The van der Waals surface area contributed by atoms with Crippen LogP contribution in [0, 0.1) is 0 Å². The minimum Gasteiger partial charge on any atom is -0.478 e. The van der Waals surface area contributed by atoms with E-state index in [1.165, 1.54) is 0 Å². The molecule has 7 rings (SSSR count). The van der Waals surface area contributed by atoms with Crippen LogP contribution in [0.3, 0.4) is 0 Å². The molecule has 6 heteroatoms. The standard InChI is InChI=1S/C45H30O6/c46-28-50-43-21-17-34(18-22-43)31-3-9-37(10-4-31)41-25-40(36-7-1-30(2-8-36)33-13-15-39(16-14-33)45(48)49)26-42(27-41)38-11-5-32(6-12-38)35-19-23-44(24-20-35)51-29-47/h1-29H,(H,48,49). The molecule has 0 saturated carbocycles. The monoisotopic (exact) mass is 666 g/mol. The van der Waals surface area contributed by atoms with E-state index in [-0.39, 0.29) is 5.56 Å². The van der Waals surface area contributed by atoms with Gasteiger partial charge >= 0.3 is 5.97 Å². The molecule has 0 aliphatic heterocycles. The molecule has 0 aliphatic carbocycles. The Bertz CT molecular complexity index is 2190. The summed E-state index contributed by atoms with van der Waals surface area (Å²) in [6.45, 7) is 0.839. The Labute approximate surface area is 294 Å². The summed E-state index contributed by atoms with van der Waals surface area (Å²) in [4.78, 5) is 32.7. The van der Waals surface area contributed by atoms with Gasteiger partial charge in [0.2, 0.25) is 0 Å². The van der Waals surface area contributed by atoms with Crippen molar-refractivity contribution in [3.05, 3.63) is 169 Å². The van der Waals surface area contributed by atoms with Gasteiger partial charge in [-0.25, -0.2) is 4.79 Å². The first-order valence-corrected chi connectivity index (χ1v) is 16.2. The van der Waals surface area contributed by atoms with Crippen LogP contribution in [0.25, 0.3) is 66.8 Å². The van der Waals surface area contributed by atoms with Crippen LogP contribution in [-0.2, 0) is 9.59 Å². The van der Waals surface area contributed by atoms with Gasteiger partial charge in [-0.15, -0.1) is 0 Å². The fourth-order valence-corrected chi connectivity index (χ4v) is 6.06. The molecule has 0 unspecified atom stereocenters. The third-order valence-electron chi connectivity index (χ3n) is 8.80. The molecular weight excluding hydrogens is 636 g/mol. The van der Waals surface area contributed by atoms with Crippen molar-refractivity contribution in [3.63, 3.8) is 0 Å². The maximum atomic E-state index is 11.3. The van der Waals surface area contributed by atoms with Crippen molar-refractivity contribution in [2.24, 2.45) is 0 Å². The van der Waals surface area contributed by atoms with Crippen LogP contribution in [0.15, 0.2) is 164 Å². The number of ether oxygens (including phenoxy) is 2. The summed E-state index contributed by atoms with van der Waals surface area (Å²) >= 11 is 0. The molecule has 0 saturated heterocycles. The van der Waals surface area contributed by atoms with Crippen molar-refractivity contribution < 1.29 is 29.0 Å². The van der Waals surface area contributed by atoms with Gasteiger partial charge in [-0.2, -0.15) is 0 Å². The van der Waals surface area contributed by atoms with Crippen molar-refractivity contribution in [3.8, 4) is 78.3 Å². The Morgan fingerprint density at radius 1 is 0.353 bits per heavy atom. The minimum atomic E-state index is -0.948. The summed E-state index contributed by atoms with van der Waals surface area (Å²) in [5, 5.41) is 9.27. The normalized spacial score (nSPS) is 10.7. The Kier molecular flexibility index (Phi) is 9.30. The minimum absolute atomic E-state index is 0.255. The highest BCUT2D eigenvalue weighted by atomic mass is 16.5. The highest BCUT2D eigenvalue weighted by molar-refractivity contribution is 5.88.